The molecule has 0 bridgehead atoms. The van der Waals surface area contributed by atoms with E-state index in [-0.39, 0.29) is 24.2 Å². The Kier molecular flexibility index (Phi) is 12.8. The van der Waals surface area contributed by atoms with Gasteiger partial charge in [-0.25, -0.2) is 0 Å². The number of fused-ring (bicyclic) bond motifs is 3. The van der Waals surface area contributed by atoms with E-state index in [1.165, 1.54) is 16.7 Å². The minimum Gasteiger partial charge on any atom is -0.493 e. The van der Waals surface area contributed by atoms with Crippen LogP contribution >= 0.6 is 0 Å². The summed E-state index contributed by atoms with van der Waals surface area (Å²) < 4.78 is 53.0. The Balaban J connectivity index is 1.14. The Morgan fingerprint density at radius 2 is 0.784 bits per heavy atom. The normalized spacial score (nSPS) is 20.0. The van der Waals surface area contributed by atoms with E-state index in [0.29, 0.717) is 50.3 Å². The third-order valence-electron chi connectivity index (χ3n) is 10.1. The van der Waals surface area contributed by atoms with Crippen LogP contribution in [0.15, 0.2) is 36.4 Å². The van der Waals surface area contributed by atoms with Crippen LogP contribution in [-0.4, -0.2) is 101 Å². The smallest absolute Gasteiger partial charge is 0.161 e. The monoisotopic (exact) mass is 707 g/mol. The number of hydrogen-bond donors (Lipinski definition) is 3. The predicted octanol–water partition coefficient (Wildman–Crippen LogP) is 4.12. The van der Waals surface area contributed by atoms with Crippen molar-refractivity contribution in [2.75, 3.05) is 95.3 Å². The summed E-state index contributed by atoms with van der Waals surface area (Å²) >= 11 is 0. The molecule has 3 N–H and O–H groups in total. The van der Waals surface area contributed by atoms with Gasteiger partial charge in [-0.2, -0.15) is 0 Å². The van der Waals surface area contributed by atoms with Gasteiger partial charge in [0.15, 0.2) is 34.5 Å². The SMILES string of the molecule is COc1cc2c(cc1OC)C(COCC(COCC1NCCc3cc(OC)c(OC)cc31)OCC1NCCc3cc(OC)c(OC)cc31)NCC2. The van der Waals surface area contributed by atoms with Crippen molar-refractivity contribution in [3.05, 3.63) is 69.8 Å². The average Bonchev–Trinajstić information content (AvgIpc) is 3.17. The summed E-state index contributed by atoms with van der Waals surface area (Å²) in [5, 5.41) is 10.9. The number of rotatable bonds is 17. The number of methoxy groups -OCH3 is 6. The van der Waals surface area contributed by atoms with Crippen LogP contribution in [0.2, 0.25) is 0 Å². The zero-order valence-corrected chi connectivity index (χ0v) is 30.7. The topological polar surface area (TPSA) is 119 Å². The van der Waals surface area contributed by atoms with Crippen molar-refractivity contribution in [3.8, 4) is 34.5 Å². The molecule has 0 aromatic heterocycles. The summed E-state index contributed by atoms with van der Waals surface area (Å²) in [5.74, 6) is 4.35. The van der Waals surface area contributed by atoms with Crippen LogP contribution in [0.5, 0.6) is 34.5 Å². The second-order valence-corrected chi connectivity index (χ2v) is 13.0. The highest BCUT2D eigenvalue weighted by atomic mass is 16.6. The van der Waals surface area contributed by atoms with Gasteiger partial charge in [0, 0.05) is 0 Å². The molecular weight excluding hydrogens is 654 g/mol. The van der Waals surface area contributed by atoms with Gasteiger partial charge >= 0.3 is 0 Å². The summed E-state index contributed by atoms with van der Waals surface area (Å²) in [6.45, 7) is 4.68. The van der Waals surface area contributed by atoms with Crippen molar-refractivity contribution in [1.29, 1.82) is 0 Å². The van der Waals surface area contributed by atoms with E-state index in [0.717, 1.165) is 72.8 Å². The number of benzene rings is 3. The Morgan fingerprint density at radius 1 is 0.471 bits per heavy atom. The van der Waals surface area contributed by atoms with Gasteiger partial charge in [0.25, 0.3) is 0 Å². The second kappa shape index (κ2) is 17.6. The van der Waals surface area contributed by atoms with Crippen molar-refractivity contribution < 1.29 is 42.6 Å². The molecule has 0 saturated carbocycles. The van der Waals surface area contributed by atoms with Gasteiger partial charge in [-0.05, 0) is 109 Å². The summed E-state index contributed by atoms with van der Waals surface area (Å²) in [5.41, 5.74) is 7.18. The van der Waals surface area contributed by atoms with Crippen molar-refractivity contribution in [3.63, 3.8) is 0 Å². The van der Waals surface area contributed by atoms with Gasteiger partial charge in [-0.3, -0.25) is 0 Å². The maximum atomic E-state index is 6.62. The van der Waals surface area contributed by atoms with Gasteiger partial charge < -0.3 is 58.6 Å². The molecule has 0 fully saturated rings. The summed E-state index contributed by atoms with van der Waals surface area (Å²) in [6.07, 6.45) is 2.42. The standard InChI is InChI=1S/C39H53N3O9/c1-43-34-13-24-7-10-40-31(28(24)16-37(34)46-4)21-49-19-27(51-23-33-30-18-39(48-6)36(45-3)15-26(30)9-12-42-33)20-50-22-32-29-17-38(47-5)35(44-2)14-25(29)8-11-41-32/h13-18,27,31-33,40-42H,7-12,19-23H2,1-6H3. The fraction of sp³-hybridized carbons (Fsp3) is 0.538. The van der Waals surface area contributed by atoms with Gasteiger partial charge in [-0.1, -0.05) is 0 Å². The molecule has 12 heteroatoms. The maximum absolute atomic E-state index is 6.62. The molecule has 3 atom stereocenters. The molecule has 51 heavy (non-hydrogen) atoms. The average molecular weight is 708 g/mol. The Hall–Kier alpha value is -3.78. The van der Waals surface area contributed by atoms with Crippen molar-refractivity contribution in [1.82, 2.24) is 16.0 Å². The van der Waals surface area contributed by atoms with Crippen LogP contribution < -0.4 is 44.4 Å². The molecule has 12 nitrogen and oxygen atoms in total. The first kappa shape index (κ1) is 37.0. The first-order valence-corrected chi connectivity index (χ1v) is 17.7. The fourth-order valence-corrected chi connectivity index (χ4v) is 7.36. The lowest BCUT2D eigenvalue weighted by Crippen LogP contribution is -2.38. The molecule has 3 aliphatic rings. The van der Waals surface area contributed by atoms with Crippen molar-refractivity contribution >= 4 is 0 Å². The molecule has 6 rings (SSSR count). The molecule has 3 unspecified atom stereocenters. The number of ether oxygens (including phenoxy) is 9. The molecular formula is C39H53N3O9. The van der Waals surface area contributed by atoms with E-state index >= 15 is 0 Å². The van der Waals surface area contributed by atoms with Crippen LogP contribution in [0.4, 0.5) is 0 Å². The lowest BCUT2D eigenvalue weighted by atomic mass is 9.94. The van der Waals surface area contributed by atoms with Crippen LogP contribution in [0, 0.1) is 0 Å². The third-order valence-corrected chi connectivity index (χ3v) is 10.1. The highest BCUT2D eigenvalue weighted by Gasteiger charge is 2.27. The van der Waals surface area contributed by atoms with Crippen molar-refractivity contribution in [2.24, 2.45) is 0 Å². The molecule has 3 aromatic rings. The predicted molar refractivity (Wildman–Crippen MR) is 193 cm³/mol. The molecule has 3 aliphatic heterocycles. The minimum atomic E-state index is -0.306. The van der Waals surface area contributed by atoms with E-state index in [1.54, 1.807) is 42.7 Å². The first-order chi connectivity index (χ1) is 25.0. The molecule has 0 spiro atoms. The molecule has 0 radical (unpaired) electrons. The van der Waals surface area contributed by atoms with E-state index in [1.807, 2.05) is 0 Å². The summed E-state index contributed by atoms with van der Waals surface area (Å²) in [7, 11) is 9.98. The highest BCUT2D eigenvalue weighted by molar-refractivity contribution is 5.51. The largest absolute Gasteiger partial charge is 0.493 e. The van der Waals surface area contributed by atoms with Crippen molar-refractivity contribution in [2.45, 2.75) is 43.5 Å². The van der Waals surface area contributed by atoms with Crippen LogP contribution in [0.1, 0.15) is 51.5 Å². The van der Waals surface area contributed by atoms with Crippen LogP contribution in [0.3, 0.4) is 0 Å². The lowest BCUT2D eigenvalue weighted by Gasteiger charge is -2.31. The molecule has 0 aliphatic carbocycles. The molecule has 3 aromatic carbocycles. The van der Waals surface area contributed by atoms with Gasteiger partial charge in [0.2, 0.25) is 0 Å². The maximum Gasteiger partial charge on any atom is 0.161 e. The Morgan fingerprint density at radius 3 is 1.12 bits per heavy atom. The first-order valence-electron chi connectivity index (χ1n) is 17.7. The van der Waals surface area contributed by atoms with Gasteiger partial charge in [0.05, 0.1) is 93.8 Å². The molecule has 278 valence electrons. The zero-order valence-electron chi connectivity index (χ0n) is 30.7. The number of hydrogen-bond acceptors (Lipinski definition) is 12. The minimum absolute atomic E-state index is 0.0133. The molecule has 0 saturated heterocycles. The van der Waals surface area contributed by atoms with E-state index < -0.39 is 0 Å². The molecule has 3 heterocycles. The van der Waals surface area contributed by atoms with E-state index in [9.17, 15) is 0 Å². The summed E-state index contributed by atoms with van der Waals surface area (Å²) in [4.78, 5) is 0. The lowest BCUT2D eigenvalue weighted by molar-refractivity contribution is -0.0710. The zero-order chi connectivity index (χ0) is 35.7. The Labute approximate surface area is 301 Å². The van der Waals surface area contributed by atoms with Gasteiger partial charge in [0.1, 0.15) is 6.10 Å². The molecule has 0 amide bonds. The van der Waals surface area contributed by atoms with E-state index in [4.69, 9.17) is 42.6 Å². The fourth-order valence-electron chi connectivity index (χ4n) is 7.36. The van der Waals surface area contributed by atoms with Crippen LogP contribution in [-0.2, 0) is 33.5 Å². The van der Waals surface area contributed by atoms with Gasteiger partial charge in [-0.15, -0.1) is 0 Å². The Bertz CT molecular complexity index is 1540. The third kappa shape index (κ3) is 8.48. The highest BCUT2D eigenvalue weighted by Crippen LogP contribution is 2.38. The van der Waals surface area contributed by atoms with E-state index in [2.05, 4.69) is 52.3 Å². The quantitative estimate of drug-likeness (QED) is 0.187. The summed E-state index contributed by atoms with van der Waals surface area (Å²) in [6, 6.07) is 12.4. The second-order valence-electron chi connectivity index (χ2n) is 13.0. The van der Waals surface area contributed by atoms with Crippen LogP contribution in [0.25, 0.3) is 0 Å². The number of nitrogens with one attached hydrogen (secondary N) is 3.